The maximum absolute atomic E-state index is 10.8. The van der Waals surface area contributed by atoms with Crippen molar-refractivity contribution in [3.05, 3.63) is 0 Å². The monoisotopic (exact) mass is 174 g/mol. The predicted molar refractivity (Wildman–Crippen MR) is 43.8 cm³/mol. The van der Waals surface area contributed by atoms with Crippen molar-refractivity contribution in [2.75, 3.05) is 26.7 Å². The quantitative estimate of drug-likeness (QED) is 0.569. The number of carbonyl (C=O) groups is 2. The van der Waals surface area contributed by atoms with Crippen molar-refractivity contribution in [3.8, 4) is 0 Å². The summed E-state index contributed by atoms with van der Waals surface area (Å²) in [6.07, 6.45) is 0. The van der Waals surface area contributed by atoms with Gasteiger partial charge < -0.3 is 10.4 Å². The van der Waals surface area contributed by atoms with Crippen LogP contribution in [-0.2, 0) is 9.59 Å². The lowest BCUT2D eigenvalue weighted by atomic mass is 10.4. The van der Waals surface area contributed by atoms with Gasteiger partial charge in [-0.05, 0) is 6.54 Å². The van der Waals surface area contributed by atoms with Crippen molar-refractivity contribution in [1.82, 2.24) is 10.2 Å². The molecule has 0 aromatic heterocycles. The van der Waals surface area contributed by atoms with E-state index in [9.17, 15) is 9.59 Å². The first-order valence-electron chi connectivity index (χ1n) is 3.74. The number of carboxylic acid groups (broad SMARTS) is 1. The topological polar surface area (TPSA) is 69.6 Å². The van der Waals surface area contributed by atoms with E-state index < -0.39 is 5.97 Å². The molecule has 0 saturated carbocycles. The van der Waals surface area contributed by atoms with Gasteiger partial charge >= 0.3 is 5.97 Å². The Morgan fingerprint density at radius 1 is 1.42 bits per heavy atom. The molecule has 0 rings (SSSR count). The standard InChI is InChI=1S/C7H14N2O3/c1-3-9(5-7(11)12)4-6(10)8-2/h3-5H2,1-2H3,(H,8,10)(H,11,12). The summed E-state index contributed by atoms with van der Waals surface area (Å²) in [4.78, 5) is 22.6. The van der Waals surface area contributed by atoms with Gasteiger partial charge in [0.1, 0.15) is 0 Å². The van der Waals surface area contributed by atoms with Crippen LogP contribution in [0.5, 0.6) is 0 Å². The van der Waals surface area contributed by atoms with Gasteiger partial charge in [-0.1, -0.05) is 6.92 Å². The van der Waals surface area contributed by atoms with E-state index in [1.807, 2.05) is 6.92 Å². The molecule has 0 spiro atoms. The Balaban J connectivity index is 3.82. The number of nitrogens with zero attached hydrogens (tertiary/aromatic N) is 1. The lowest BCUT2D eigenvalue weighted by Crippen LogP contribution is -2.38. The molecule has 0 atom stereocenters. The van der Waals surface area contributed by atoms with E-state index in [4.69, 9.17) is 5.11 Å². The maximum atomic E-state index is 10.8. The van der Waals surface area contributed by atoms with Crippen LogP contribution >= 0.6 is 0 Å². The van der Waals surface area contributed by atoms with Crippen LogP contribution in [-0.4, -0.2) is 48.6 Å². The van der Waals surface area contributed by atoms with Crippen LogP contribution in [0.3, 0.4) is 0 Å². The second-order valence-corrected chi connectivity index (χ2v) is 2.37. The van der Waals surface area contributed by atoms with Crippen LogP contribution in [0.25, 0.3) is 0 Å². The largest absolute Gasteiger partial charge is 0.480 e. The van der Waals surface area contributed by atoms with Gasteiger partial charge in [-0.3, -0.25) is 14.5 Å². The second-order valence-electron chi connectivity index (χ2n) is 2.37. The number of likely N-dealkylation sites (N-methyl/N-ethyl adjacent to an activating group) is 2. The van der Waals surface area contributed by atoms with Crippen LogP contribution in [0, 0.1) is 0 Å². The van der Waals surface area contributed by atoms with Crippen molar-refractivity contribution in [2.45, 2.75) is 6.92 Å². The van der Waals surface area contributed by atoms with Crippen molar-refractivity contribution in [2.24, 2.45) is 0 Å². The van der Waals surface area contributed by atoms with Crippen LogP contribution in [0.4, 0.5) is 0 Å². The first kappa shape index (κ1) is 10.9. The second kappa shape index (κ2) is 5.54. The number of hydrogen-bond acceptors (Lipinski definition) is 3. The summed E-state index contributed by atoms with van der Waals surface area (Å²) in [6, 6.07) is 0. The maximum Gasteiger partial charge on any atom is 0.317 e. The number of amides is 1. The number of nitrogens with one attached hydrogen (secondary N) is 1. The van der Waals surface area contributed by atoms with Gasteiger partial charge in [0.05, 0.1) is 13.1 Å². The molecule has 12 heavy (non-hydrogen) atoms. The fraction of sp³-hybridized carbons (Fsp3) is 0.714. The molecule has 5 heteroatoms. The molecule has 1 amide bonds. The van der Waals surface area contributed by atoms with Crippen LogP contribution < -0.4 is 5.32 Å². The minimum Gasteiger partial charge on any atom is -0.480 e. The summed E-state index contributed by atoms with van der Waals surface area (Å²) < 4.78 is 0. The Bertz CT molecular complexity index is 170. The molecule has 0 aliphatic heterocycles. The average Bonchev–Trinajstić information content (AvgIpc) is 2.02. The molecular formula is C7H14N2O3. The summed E-state index contributed by atoms with van der Waals surface area (Å²) in [5.74, 6) is -1.08. The lowest BCUT2D eigenvalue weighted by molar-refractivity contribution is -0.138. The van der Waals surface area contributed by atoms with Crippen molar-refractivity contribution in [3.63, 3.8) is 0 Å². The normalized spacial score (nSPS) is 9.92. The molecule has 0 aliphatic carbocycles. The van der Waals surface area contributed by atoms with Gasteiger partial charge in [0.2, 0.25) is 5.91 Å². The molecule has 0 heterocycles. The fourth-order valence-electron chi connectivity index (χ4n) is 0.753. The number of rotatable bonds is 5. The summed E-state index contributed by atoms with van der Waals surface area (Å²) >= 11 is 0. The molecule has 2 N–H and O–H groups in total. The minimum absolute atomic E-state index is 0.0933. The number of carbonyl (C=O) groups excluding carboxylic acids is 1. The summed E-state index contributed by atoms with van der Waals surface area (Å²) in [5, 5.41) is 10.9. The molecule has 0 radical (unpaired) electrons. The van der Waals surface area contributed by atoms with Crippen molar-refractivity contribution in [1.29, 1.82) is 0 Å². The Morgan fingerprint density at radius 2 is 2.00 bits per heavy atom. The zero-order chi connectivity index (χ0) is 9.56. The Hall–Kier alpha value is -1.10. The molecule has 5 nitrogen and oxygen atoms in total. The molecule has 0 aromatic rings. The van der Waals surface area contributed by atoms with E-state index in [1.165, 1.54) is 7.05 Å². The molecule has 0 bridgehead atoms. The molecule has 0 fully saturated rings. The lowest BCUT2D eigenvalue weighted by Gasteiger charge is -2.15. The molecule has 0 unspecified atom stereocenters. The van der Waals surface area contributed by atoms with Crippen LogP contribution in [0.15, 0.2) is 0 Å². The summed E-state index contributed by atoms with van der Waals surface area (Å²) in [5.41, 5.74) is 0. The SMILES string of the molecule is CCN(CC(=O)O)CC(=O)NC. The summed E-state index contributed by atoms with van der Waals surface area (Å²) in [6.45, 7) is 2.41. The van der Waals surface area contributed by atoms with Gasteiger partial charge in [0.25, 0.3) is 0 Å². The molecular weight excluding hydrogens is 160 g/mol. The van der Waals surface area contributed by atoms with Crippen LogP contribution in [0.2, 0.25) is 0 Å². The highest BCUT2D eigenvalue weighted by Crippen LogP contribution is 1.86. The Labute approximate surface area is 71.4 Å². The van der Waals surface area contributed by atoms with E-state index in [1.54, 1.807) is 4.90 Å². The first-order valence-corrected chi connectivity index (χ1v) is 3.74. The van der Waals surface area contributed by atoms with Crippen LogP contribution in [0.1, 0.15) is 6.92 Å². The third-order valence-corrected chi connectivity index (χ3v) is 1.45. The zero-order valence-corrected chi connectivity index (χ0v) is 7.33. The highest BCUT2D eigenvalue weighted by atomic mass is 16.4. The zero-order valence-electron chi connectivity index (χ0n) is 7.33. The highest BCUT2D eigenvalue weighted by Gasteiger charge is 2.10. The molecule has 0 aromatic carbocycles. The van der Waals surface area contributed by atoms with Crippen molar-refractivity contribution >= 4 is 11.9 Å². The van der Waals surface area contributed by atoms with Gasteiger partial charge in [-0.25, -0.2) is 0 Å². The molecule has 0 saturated heterocycles. The molecule has 70 valence electrons. The van der Waals surface area contributed by atoms with Gasteiger partial charge in [-0.15, -0.1) is 0 Å². The Morgan fingerprint density at radius 3 is 2.33 bits per heavy atom. The number of hydrogen-bond donors (Lipinski definition) is 2. The third-order valence-electron chi connectivity index (χ3n) is 1.45. The summed E-state index contributed by atoms with van der Waals surface area (Å²) in [7, 11) is 1.52. The molecule has 0 aliphatic rings. The predicted octanol–water partition coefficient (Wildman–Crippen LogP) is -0.861. The van der Waals surface area contributed by atoms with Crippen molar-refractivity contribution < 1.29 is 14.7 Å². The third kappa shape index (κ3) is 4.68. The fourth-order valence-corrected chi connectivity index (χ4v) is 0.753. The van der Waals surface area contributed by atoms with Gasteiger partial charge in [0, 0.05) is 7.05 Å². The Kier molecular flexibility index (Phi) is 5.03. The van der Waals surface area contributed by atoms with E-state index >= 15 is 0 Å². The van der Waals surface area contributed by atoms with E-state index in [0.29, 0.717) is 6.54 Å². The number of carboxylic acids is 1. The average molecular weight is 174 g/mol. The smallest absolute Gasteiger partial charge is 0.317 e. The van der Waals surface area contributed by atoms with E-state index in [-0.39, 0.29) is 19.0 Å². The highest BCUT2D eigenvalue weighted by molar-refractivity contribution is 5.78. The first-order chi connectivity index (χ1) is 5.60. The minimum atomic E-state index is -0.916. The van der Waals surface area contributed by atoms with Gasteiger partial charge in [0.15, 0.2) is 0 Å². The van der Waals surface area contributed by atoms with Gasteiger partial charge in [-0.2, -0.15) is 0 Å². The van der Waals surface area contributed by atoms with E-state index in [0.717, 1.165) is 0 Å². The van der Waals surface area contributed by atoms with E-state index in [2.05, 4.69) is 5.32 Å². The number of aliphatic carboxylic acids is 1.